The van der Waals surface area contributed by atoms with E-state index < -0.39 is 0 Å². The van der Waals surface area contributed by atoms with Crippen molar-refractivity contribution in [3.8, 4) is 0 Å². The van der Waals surface area contributed by atoms with Gasteiger partial charge in [0, 0.05) is 13.1 Å². The number of hydrogen-bond acceptors (Lipinski definition) is 2. The molecule has 1 amide bonds. The molecule has 3 heteroatoms. The van der Waals surface area contributed by atoms with Crippen LogP contribution in [0.2, 0.25) is 0 Å². The molecule has 1 fully saturated rings. The molecule has 3 nitrogen and oxygen atoms in total. The Morgan fingerprint density at radius 2 is 2.00 bits per heavy atom. The maximum absolute atomic E-state index is 11.7. The Bertz CT molecular complexity index is 333. The Morgan fingerprint density at radius 3 is 2.53 bits per heavy atom. The second-order valence-corrected chi connectivity index (χ2v) is 3.98. The van der Waals surface area contributed by atoms with Crippen molar-refractivity contribution in [2.45, 2.75) is 18.9 Å². The van der Waals surface area contributed by atoms with E-state index in [0.717, 1.165) is 25.1 Å². The summed E-state index contributed by atoms with van der Waals surface area (Å²) in [4.78, 5) is 13.6. The molecular formula is C12H16N2O. The van der Waals surface area contributed by atoms with E-state index in [1.54, 1.807) is 0 Å². The second kappa shape index (κ2) is 4.45. The minimum Gasteiger partial charge on any atom is -0.341 e. The topological polar surface area (TPSA) is 46.3 Å². The van der Waals surface area contributed by atoms with Crippen LogP contribution in [0.5, 0.6) is 0 Å². The Kier molecular flexibility index (Phi) is 3.02. The lowest BCUT2D eigenvalue weighted by Gasteiger charge is -2.33. The van der Waals surface area contributed by atoms with Crippen LogP contribution < -0.4 is 5.73 Å². The SMILES string of the molecule is NC(Cc1ccccc1)C(=O)N1CCC1. The molecule has 1 unspecified atom stereocenters. The quantitative estimate of drug-likeness (QED) is 0.791. The predicted molar refractivity (Wildman–Crippen MR) is 59.3 cm³/mol. The van der Waals surface area contributed by atoms with Gasteiger partial charge in [0.15, 0.2) is 0 Å². The van der Waals surface area contributed by atoms with E-state index in [2.05, 4.69) is 0 Å². The lowest BCUT2D eigenvalue weighted by Crippen LogP contribution is -2.50. The molecule has 1 aromatic rings. The second-order valence-electron chi connectivity index (χ2n) is 3.98. The van der Waals surface area contributed by atoms with E-state index in [1.807, 2.05) is 35.2 Å². The number of nitrogens with zero attached hydrogens (tertiary/aromatic N) is 1. The summed E-state index contributed by atoms with van der Waals surface area (Å²) in [6, 6.07) is 9.53. The maximum Gasteiger partial charge on any atom is 0.239 e. The van der Waals surface area contributed by atoms with Gasteiger partial charge in [0.25, 0.3) is 0 Å². The molecule has 1 heterocycles. The number of rotatable bonds is 3. The van der Waals surface area contributed by atoms with Gasteiger partial charge in [0.05, 0.1) is 6.04 Å². The number of nitrogens with two attached hydrogens (primary N) is 1. The number of benzene rings is 1. The minimum absolute atomic E-state index is 0.0881. The standard InChI is InChI=1S/C12H16N2O/c13-11(12(15)14-7-4-8-14)9-10-5-2-1-3-6-10/h1-3,5-6,11H,4,7-9,13H2. The van der Waals surface area contributed by atoms with Crippen LogP contribution in [0.15, 0.2) is 30.3 Å². The molecule has 0 aromatic heterocycles. The first-order chi connectivity index (χ1) is 7.27. The van der Waals surface area contributed by atoms with Gasteiger partial charge in [-0.05, 0) is 18.4 Å². The normalized spacial score (nSPS) is 17.0. The fraction of sp³-hybridized carbons (Fsp3) is 0.417. The third-order valence-corrected chi connectivity index (χ3v) is 2.78. The third kappa shape index (κ3) is 2.36. The first kappa shape index (κ1) is 10.2. The molecule has 0 aliphatic carbocycles. The fourth-order valence-corrected chi connectivity index (χ4v) is 1.73. The van der Waals surface area contributed by atoms with Crippen molar-refractivity contribution in [1.82, 2.24) is 4.90 Å². The molecule has 1 aliphatic heterocycles. The van der Waals surface area contributed by atoms with Crippen LogP contribution >= 0.6 is 0 Å². The van der Waals surface area contributed by atoms with Crippen molar-refractivity contribution >= 4 is 5.91 Å². The Labute approximate surface area is 89.9 Å². The summed E-state index contributed by atoms with van der Waals surface area (Å²) in [5.74, 6) is 0.0881. The van der Waals surface area contributed by atoms with Gasteiger partial charge in [-0.3, -0.25) is 4.79 Å². The average Bonchev–Trinajstić information content (AvgIpc) is 2.16. The van der Waals surface area contributed by atoms with Crippen molar-refractivity contribution in [3.05, 3.63) is 35.9 Å². The van der Waals surface area contributed by atoms with E-state index in [-0.39, 0.29) is 11.9 Å². The Morgan fingerprint density at radius 1 is 1.33 bits per heavy atom. The van der Waals surface area contributed by atoms with Gasteiger partial charge < -0.3 is 10.6 Å². The van der Waals surface area contributed by atoms with E-state index in [4.69, 9.17) is 5.73 Å². The highest BCUT2D eigenvalue weighted by Crippen LogP contribution is 2.10. The van der Waals surface area contributed by atoms with Crippen molar-refractivity contribution in [1.29, 1.82) is 0 Å². The Hall–Kier alpha value is -1.35. The van der Waals surface area contributed by atoms with Crippen molar-refractivity contribution < 1.29 is 4.79 Å². The molecule has 1 saturated heterocycles. The van der Waals surface area contributed by atoms with Crippen LogP contribution in [0.25, 0.3) is 0 Å². The average molecular weight is 204 g/mol. The molecule has 80 valence electrons. The largest absolute Gasteiger partial charge is 0.341 e. The number of amides is 1. The number of carbonyl (C=O) groups is 1. The molecule has 2 rings (SSSR count). The highest BCUT2D eigenvalue weighted by Gasteiger charge is 2.25. The molecule has 0 spiro atoms. The summed E-state index contributed by atoms with van der Waals surface area (Å²) in [5.41, 5.74) is 6.99. The van der Waals surface area contributed by atoms with Gasteiger partial charge in [-0.25, -0.2) is 0 Å². The van der Waals surface area contributed by atoms with Crippen LogP contribution in [0.4, 0.5) is 0 Å². The third-order valence-electron chi connectivity index (χ3n) is 2.78. The fourth-order valence-electron chi connectivity index (χ4n) is 1.73. The highest BCUT2D eigenvalue weighted by atomic mass is 16.2. The monoisotopic (exact) mass is 204 g/mol. The van der Waals surface area contributed by atoms with Crippen LogP contribution in [0, 0.1) is 0 Å². The number of hydrogen-bond donors (Lipinski definition) is 1. The lowest BCUT2D eigenvalue weighted by atomic mass is 10.0. The van der Waals surface area contributed by atoms with Crippen LogP contribution in [-0.4, -0.2) is 29.9 Å². The molecule has 0 bridgehead atoms. The smallest absolute Gasteiger partial charge is 0.239 e. The molecule has 1 atom stereocenters. The lowest BCUT2D eigenvalue weighted by molar-refractivity contribution is -0.136. The number of carbonyl (C=O) groups excluding carboxylic acids is 1. The molecule has 0 radical (unpaired) electrons. The predicted octanol–water partition coefficient (Wildman–Crippen LogP) is 0.789. The minimum atomic E-state index is -0.382. The highest BCUT2D eigenvalue weighted by molar-refractivity contribution is 5.82. The summed E-state index contributed by atoms with van der Waals surface area (Å²) in [5, 5.41) is 0. The van der Waals surface area contributed by atoms with Gasteiger partial charge in [-0.2, -0.15) is 0 Å². The first-order valence-corrected chi connectivity index (χ1v) is 5.35. The zero-order valence-corrected chi connectivity index (χ0v) is 8.73. The van der Waals surface area contributed by atoms with Gasteiger partial charge in [-0.1, -0.05) is 30.3 Å². The van der Waals surface area contributed by atoms with E-state index in [1.165, 1.54) is 0 Å². The molecule has 0 saturated carbocycles. The zero-order chi connectivity index (χ0) is 10.7. The molecule has 15 heavy (non-hydrogen) atoms. The summed E-state index contributed by atoms with van der Waals surface area (Å²) in [6.45, 7) is 1.75. The zero-order valence-electron chi connectivity index (χ0n) is 8.73. The summed E-state index contributed by atoms with van der Waals surface area (Å²) < 4.78 is 0. The van der Waals surface area contributed by atoms with Gasteiger partial charge in [-0.15, -0.1) is 0 Å². The number of likely N-dealkylation sites (tertiary alicyclic amines) is 1. The maximum atomic E-state index is 11.7. The Balaban J connectivity index is 1.91. The van der Waals surface area contributed by atoms with Gasteiger partial charge >= 0.3 is 0 Å². The van der Waals surface area contributed by atoms with Gasteiger partial charge in [0.1, 0.15) is 0 Å². The molecule has 2 N–H and O–H groups in total. The van der Waals surface area contributed by atoms with Crippen molar-refractivity contribution in [2.75, 3.05) is 13.1 Å². The van der Waals surface area contributed by atoms with Crippen molar-refractivity contribution in [2.24, 2.45) is 5.73 Å². The molecule has 1 aliphatic rings. The molecular weight excluding hydrogens is 188 g/mol. The van der Waals surface area contributed by atoms with Crippen LogP contribution in [-0.2, 0) is 11.2 Å². The first-order valence-electron chi connectivity index (χ1n) is 5.35. The van der Waals surface area contributed by atoms with Crippen molar-refractivity contribution in [3.63, 3.8) is 0 Å². The van der Waals surface area contributed by atoms with Crippen LogP contribution in [0.1, 0.15) is 12.0 Å². The summed E-state index contributed by atoms with van der Waals surface area (Å²) in [7, 11) is 0. The van der Waals surface area contributed by atoms with E-state index in [0.29, 0.717) is 6.42 Å². The van der Waals surface area contributed by atoms with E-state index in [9.17, 15) is 4.79 Å². The summed E-state index contributed by atoms with van der Waals surface area (Å²) >= 11 is 0. The van der Waals surface area contributed by atoms with Gasteiger partial charge in [0.2, 0.25) is 5.91 Å². The molecule has 1 aromatic carbocycles. The van der Waals surface area contributed by atoms with Crippen LogP contribution in [0.3, 0.4) is 0 Å². The summed E-state index contributed by atoms with van der Waals surface area (Å²) in [6.07, 6.45) is 1.75. The van der Waals surface area contributed by atoms with E-state index >= 15 is 0 Å².